The van der Waals surface area contributed by atoms with Crippen LogP contribution in [0.15, 0.2) is 60.0 Å². The van der Waals surface area contributed by atoms with E-state index in [1.165, 1.54) is 0 Å². The number of thiophene rings is 1. The molecule has 0 aliphatic heterocycles. The van der Waals surface area contributed by atoms with Crippen molar-refractivity contribution in [2.24, 2.45) is 0 Å². The summed E-state index contributed by atoms with van der Waals surface area (Å²) in [6, 6.07) is 17.1. The van der Waals surface area contributed by atoms with Gasteiger partial charge in [-0.1, -0.05) is 30.3 Å². The molecule has 0 radical (unpaired) electrons. The van der Waals surface area contributed by atoms with Crippen molar-refractivity contribution < 1.29 is 19.0 Å². The molecule has 0 N–H and O–H groups in total. The van der Waals surface area contributed by atoms with E-state index in [0.29, 0.717) is 30.2 Å². The molecule has 146 valence electrons. The summed E-state index contributed by atoms with van der Waals surface area (Å²) in [4.78, 5) is 16.4. The molecule has 1 aromatic heterocycles. The lowest BCUT2D eigenvalue weighted by Gasteiger charge is -2.24. The number of hydrogen-bond donors (Lipinski definition) is 0. The summed E-state index contributed by atoms with van der Waals surface area (Å²) in [7, 11) is 4.73. The van der Waals surface area contributed by atoms with E-state index in [1.54, 1.807) is 55.8 Å². The second-order valence-corrected chi connectivity index (χ2v) is 7.13. The van der Waals surface area contributed by atoms with Crippen molar-refractivity contribution in [3.63, 3.8) is 0 Å². The van der Waals surface area contributed by atoms with Crippen molar-refractivity contribution in [2.45, 2.75) is 13.1 Å². The topological polar surface area (TPSA) is 48.0 Å². The fourth-order valence-electron chi connectivity index (χ4n) is 3.06. The Morgan fingerprint density at radius 2 is 1.61 bits per heavy atom. The summed E-state index contributed by atoms with van der Waals surface area (Å²) >= 11 is 1.62. The summed E-state index contributed by atoms with van der Waals surface area (Å²) in [6.45, 7) is 0.913. The van der Waals surface area contributed by atoms with Crippen LogP contribution in [0, 0.1) is 0 Å². The third-order valence-electron chi connectivity index (χ3n) is 4.40. The van der Waals surface area contributed by atoms with E-state index >= 15 is 0 Å². The van der Waals surface area contributed by atoms with Crippen molar-refractivity contribution in [1.82, 2.24) is 4.90 Å². The lowest BCUT2D eigenvalue weighted by molar-refractivity contribution is 0.0726. The molecule has 0 atom stereocenters. The highest BCUT2D eigenvalue weighted by molar-refractivity contribution is 7.09. The molecule has 0 spiro atoms. The van der Waals surface area contributed by atoms with Crippen LogP contribution in [0.1, 0.15) is 20.8 Å². The number of methoxy groups -OCH3 is 3. The Hall–Kier alpha value is -2.99. The molecular formula is C22H23NO4S. The minimum Gasteiger partial charge on any atom is -0.496 e. The first-order chi connectivity index (χ1) is 13.7. The lowest BCUT2D eigenvalue weighted by atomic mass is 10.1. The Labute approximate surface area is 169 Å². The van der Waals surface area contributed by atoms with Crippen LogP contribution in [0.25, 0.3) is 0 Å². The molecule has 2 aromatic carbocycles. The van der Waals surface area contributed by atoms with Gasteiger partial charge in [0.15, 0.2) is 11.5 Å². The van der Waals surface area contributed by atoms with Crippen LogP contribution in [-0.4, -0.2) is 32.1 Å². The zero-order chi connectivity index (χ0) is 19.9. The SMILES string of the molecule is COc1ccccc1CN(Cc1cccs1)C(=O)c1cccc(OC)c1OC. The van der Waals surface area contributed by atoms with Gasteiger partial charge in [0.1, 0.15) is 5.75 Å². The fraction of sp³-hybridized carbons (Fsp3) is 0.227. The van der Waals surface area contributed by atoms with E-state index in [2.05, 4.69) is 0 Å². The maximum Gasteiger partial charge on any atom is 0.258 e. The highest BCUT2D eigenvalue weighted by Crippen LogP contribution is 2.32. The molecule has 0 saturated carbocycles. The van der Waals surface area contributed by atoms with E-state index in [9.17, 15) is 4.79 Å². The highest BCUT2D eigenvalue weighted by Gasteiger charge is 2.23. The van der Waals surface area contributed by atoms with Gasteiger partial charge in [0, 0.05) is 10.4 Å². The Morgan fingerprint density at radius 1 is 0.857 bits per heavy atom. The summed E-state index contributed by atoms with van der Waals surface area (Å²) in [6.07, 6.45) is 0. The number of hydrogen-bond acceptors (Lipinski definition) is 5. The van der Waals surface area contributed by atoms with Gasteiger partial charge in [-0.3, -0.25) is 4.79 Å². The zero-order valence-corrected chi connectivity index (χ0v) is 17.0. The minimum atomic E-state index is -0.130. The van der Waals surface area contributed by atoms with Gasteiger partial charge in [0.2, 0.25) is 0 Å². The van der Waals surface area contributed by atoms with E-state index < -0.39 is 0 Å². The van der Waals surface area contributed by atoms with Gasteiger partial charge in [-0.15, -0.1) is 11.3 Å². The third kappa shape index (κ3) is 4.28. The summed E-state index contributed by atoms with van der Waals surface area (Å²) < 4.78 is 16.3. The molecular weight excluding hydrogens is 374 g/mol. The normalized spacial score (nSPS) is 10.4. The van der Waals surface area contributed by atoms with Crippen molar-refractivity contribution in [1.29, 1.82) is 0 Å². The molecule has 1 heterocycles. The molecule has 3 rings (SSSR count). The number of carbonyl (C=O) groups is 1. The number of nitrogens with zero attached hydrogens (tertiary/aromatic N) is 1. The molecule has 3 aromatic rings. The number of para-hydroxylation sites is 2. The average molecular weight is 397 g/mol. The van der Waals surface area contributed by atoms with Gasteiger partial charge < -0.3 is 19.1 Å². The predicted molar refractivity (Wildman–Crippen MR) is 110 cm³/mol. The van der Waals surface area contributed by atoms with Crippen molar-refractivity contribution in [2.75, 3.05) is 21.3 Å². The first kappa shape index (κ1) is 19.8. The molecule has 0 aliphatic rings. The molecule has 0 aliphatic carbocycles. The Balaban J connectivity index is 1.98. The van der Waals surface area contributed by atoms with E-state index in [1.807, 2.05) is 41.8 Å². The van der Waals surface area contributed by atoms with Gasteiger partial charge in [-0.05, 0) is 29.6 Å². The Morgan fingerprint density at radius 3 is 2.29 bits per heavy atom. The molecule has 28 heavy (non-hydrogen) atoms. The molecule has 1 amide bonds. The first-order valence-corrected chi connectivity index (χ1v) is 9.70. The highest BCUT2D eigenvalue weighted by atomic mass is 32.1. The number of carbonyl (C=O) groups excluding carboxylic acids is 1. The predicted octanol–water partition coefficient (Wildman–Crippen LogP) is 4.62. The largest absolute Gasteiger partial charge is 0.496 e. The van der Waals surface area contributed by atoms with Crippen LogP contribution in [0.3, 0.4) is 0 Å². The fourth-order valence-corrected chi connectivity index (χ4v) is 3.77. The minimum absolute atomic E-state index is 0.130. The van der Waals surface area contributed by atoms with Gasteiger partial charge in [0.25, 0.3) is 5.91 Å². The standard InChI is InChI=1S/C22H23NO4S/c1-25-19-11-5-4-8-16(19)14-23(15-17-9-7-13-28-17)22(24)18-10-6-12-20(26-2)21(18)27-3/h4-13H,14-15H2,1-3H3. The summed E-state index contributed by atoms with van der Waals surface area (Å²) in [5.74, 6) is 1.59. The van der Waals surface area contributed by atoms with E-state index in [4.69, 9.17) is 14.2 Å². The first-order valence-electron chi connectivity index (χ1n) is 8.82. The summed E-state index contributed by atoms with van der Waals surface area (Å²) in [5.41, 5.74) is 1.41. The van der Waals surface area contributed by atoms with Crippen LogP contribution < -0.4 is 14.2 Å². The van der Waals surface area contributed by atoms with Crippen molar-refractivity contribution in [3.05, 3.63) is 76.0 Å². The van der Waals surface area contributed by atoms with Gasteiger partial charge >= 0.3 is 0 Å². The van der Waals surface area contributed by atoms with E-state index in [-0.39, 0.29) is 5.91 Å². The molecule has 0 saturated heterocycles. The monoisotopic (exact) mass is 397 g/mol. The van der Waals surface area contributed by atoms with E-state index in [0.717, 1.165) is 16.2 Å². The summed E-state index contributed by atoms with van der Waals surface area (Å²) in [5, 5.41) is 2.01. The van der Waals surface area contributed by atoms with Gasteiger partial charge in [-0.25, -0.2) is 0 Å². The smallest absolute Gasteiger partial charge is 0.258 e. The zero-order valence-electron chi connectivity index (χ0n) is 16.2. The van der Waals surface area contributed by atoms with Gasteiger partial charge in [0.05, 0.1) is 40.0 Å². The lowest BCUT2D eigenvalue weighted by Crippen LogP contribution is -2.30. The van der Waals surface area contributed by atoms with Gasteiger partial charge in [-0.2, -0.15) is 0 Å². The maximum atomic E-state index is 13.5. The maximum absolute atomic E-state index is 13.5. The molecule has 0 bridgehead atoms. The average Bonchev–Trinajstić information content (AvgIpc) is 3.25. The van der Waals surface area contributed by atoms with Crippen LogP contribution in [0.2, 0.25) is 0 Å². The van der Waals surface area contributed by atoms with Crippen LogP contribution in [0.5, 0.6) is 17.2 Å². The van der Waals surface area contributed by atoms with Crippen LogP contribution >= 0.6 is 11.3 Å². The Kier molecular flexibility index (Phi) is 6.55. The molecule has 0 fully saturated rings. The molecule has 6 heteroatoms. The quantitative estimate of drug-likeness (QED) is 0.557. The number of amides is 1. The van der Waals surface area contributed by atoms with Crippen molar-refractivity contribution in [3.8, 4) is 17.2 Å². The number of benzene rings is 2. The van der Waals surface area contributed by atoms with Crippen LogP contribution in [0.4, 0.5) is 0 Å². The molecule has 0 unspecified atom stereocenters. The van der Waals surface area contributed by atoms with Crippen molar-refractivity contribution >= 4 is 17.2 Å². The second-order valence-electron chi connectivity index (χ2n) is 6.09. The van der Waals surface area contributed by atoms with Crippen LogP contribution in [-0.2, 0) is 13.1 Å². The Bertz CT molecular complexity index is 924. The second kappa shape index (κ2) is 9.28. The number of ether oxygens (including phenoxy) is 3. The third-order valence-corrected chi connectivity index (χ3v) is 5.26. The molecule has 5 nitrogen and oxygen atoms in total. The number of rotatable bonds is 8.